The molecule has 1 heterocycles. The zero-order chi connectivity index (χ0) is 13.8. The van der Waals surface area contributed by atoms with Crippen LogP contribution in [0.4, 0.5) is 0 Å². The zero-order valence-corrected chi connectivity index (χ0v) is 11.3. The Morgan fingerprint density at radius 1 is 1.16 bits per heavy atom. The highest BCUT2D eigenvalue weighted by molar-refractivity contribution is 5.94. The molecule has 0 unspecified atom stereocenters. The molecule has 0 aliphatic heterocycles. The van der Waals surface area contributed by atoms with Gasteiger partial charge in [0.05, 0.1) is 0 Å². The minimum absolute atomic E-state index is 0.0765. The van der Waals surface area contributed by atoms with Crippen LogP contribution < -0.4 is 5.32 Å². The molecule has 0 saturated heterocycles. The van der Waals surface area contributed by atoms with Gasteiger partial charge in [0.1, 0.15) is 0 Å². The molecule has 1 N–H and O–H groups in total. The highest BCUT2D eigenvalue weighted by Gasteiger charge is 2.06. The van der Waals surface area contributed by atoms with Crippen molar-refractivity contribution >= 4 is 5.91 Å². The molecule has 0 saturated carbocycles. The maximum atomic E-state index is 11.8. The number of nitrogens with one attached hydrogen (secondary N) is 1. The largest absolute Gasteiger partial charge is 0.349 e. The summed E-state index contributed by atoms with van der Waals surface area (Å²) in [6, 6.07) is 11.8. The van der Waals surface area contributed by atoms with Crippen molar-refractivity contribution in [1.29, 1.82) is 0 Å². The monoisotopic (exact) mass is 254 g/mol. The lowest BCUT2D eigenvalue weighted by Crippen LogP contribution is -2.23. The van der Waals surface area contributed by atoms with E-state index in [1.165, 1.54) is 11.4 Å². The van der Waals surface area contributed by atoms with E-state index in [4.69, 9.17) is 0 Å². The quantitative estimate of drug-likeness (QED) is 0.836. The number of carbonyl (C=O) groups is 1. The third-order valence-electron chi connectivity index (χ3n) is 3.07. The van der Waals surface area contributed by atoms with Gasteiger partial charge in [-0.3, -0.25) is 4.79 Å². The van der Waals surface area contributed by atoms with Crippen LogP contribution in [0.15, 0.2) is 49.1 Å². The molecule has 0 aliphatic rings. The summed E-state index contributed by atoms with van der Waals surface area (Å²) in [6.45, 7) is 8.19. The van der Waals surface area contributed by atoms with E-state index in [0.29, 0.717) is 12.1 Å². The zero-order valence-electron chi connectivity index (χ0n) is 11.3. The smallest absolute Gasteiger partial charge is 0.251 e. The van der Waals surface area contributed by atoms with Crippen LogP contribution in [-0.4, -0.2) is 17.0 Å². The Kier molecular flexibility index (Phi) is 3.85. The Labute approximate surface area is 113 Å². The number of nitrogens with zero attached hydrogens (tertiary/aromatic N) is 1. The number of amides is 1. The lowest BCUT2D eigenvalue weighted by atomic mass is 10.2. The van der Waals surface area contributed by atoms with Gasteiger partial charge in [0.2, 0.25) is 0 Å². The molecule has 3 nitrogen and oxygen atoms in total. The average Bonchev–Trinajstić information content (AvgIpc) is 2.76. The maximum Gasteiger partial charge on any atom is 0.251 e. The first-order chi connectivity index (χ1) is 9.13. The first-order valence-corrected chi connectivity index (χ1v) is 6.28. The van der Waals surface area contributed by atoms with Crippen molar-refractivity contribution in [3.8, 4) is 5.69 Å². The second kappa shape index (κ2) is 5.57. The highest BCUT2D eigenvalue weighted by Crippen LogP contribution is 2.16. The minimum atomic E-state index is -0.0765. The molecule has 2 rings (SSSR count). The predicted octanol–water partition coefficient (Wildman–Crippen LogP) is 3.01. The number of carbonyl (C=O) groups excluding carboxylic acids is 1. The van der Waals surface area contributed by atoms with Crippen molar-refractivity contribution < 1.29 is 4.79 Å². The van der Waals surface area contributed by atoms with Crippen molar-refractivity contribution in [2.75, 3.05) is 6.54 Å². The van der Waals surface area contributed by atoms with Gasteiger partial charge in [-0.05, 0) is 50.2 Å². The SMILES string of the molecule is C=CCNC(=O)c1ccc(-n2c(C)ccc2C)cc1. The molecule has 0 aliphatic carbocycles. The van der Waals surface area contributed by atoms with E-state index in [1.807, 2.05) is 24.3 Å². The van der Waals surface area contributed by atoms with Crippen LogP contribution in [0.2, 0.25) is 0 Å². The van der Waals surface area contributed by atoms with Gasteiger partial charge in [-0.15, -0.1) is 6.58 Å². The third kappa shape index (κ3) is 2.76. The standard InChI is InChI=1S/C16H18N2O/c1-4-11-17-16(19)14-7-9-15(10-8-14)18-12(2)5-6-13(18)3/h4-10H,1,11H2,2-3H3,(H,17,19). The summed E-state index contributed by atoms with van der Waals surface area (Å²) in [6.07, 6.45) is 1.67. The highest BCUT2D eigenvalue weighted by atomic mass is 16.1. The fraction of sp³-hybridized carbons (Fsp3) is 0.188. The molecule has 0 spiro atoms. The molecule has 0 bridgehead atoms. The summed E-state index contributed by atoms with van der Waals surface area (Å²) in [5.74, 6) is -0.0765. The lowest BCUT2D eigenvalue weighted by molar-refractivity contribution is 0.0958. The first kappa shape index (κ1) is 13.1. The molecule has 1 aromatic carbocycles. The summed E-state index contributed by atoms with van der Waals surface area (Å²) >= 11 is 0. The van der Waals surface area contributed by atoms with Gasteiger partial charge in [-0.2, -0.15) is 0 Å². The maximum absolute atomic E-state index is 11.8. The van der Waals surface area contributed by atoms with Crippen LogP contribution in [0.5, 0.6) is 0 Å². The van der Waals surface area contributed by atoms with Gasteiger partial charge in [0.25, 0.3) is 5.91 Å². The van der Waals surface area contributed by atoms with Gasteiger partial charge in [0, 0.05) is 29.2 Å². The van der Waals surface area contributed by atoms with E-state index in [-0.39, 0.29) is 5.91 Å². The molecular formula is C16H18N2O. The van der Waals surface area contributed by atoms with Gasteiger partial charge in [-0.1, -0.05) is 6.08 Å². The van der Waals surface area contributed by atoms with Crippen molar-refractivity contribution in [3.63, 3.8) is 0 Å². The van der Waals surface area contributed by atoms with E-state index < -0.39 is 0 Å². The number of rotatable bonds is 4. The topological polar surface area (TPSA) is 34.0 Å². The van der Waals surface area contributed by atoms with Crippen LogP contribution in [0.25, 0.3) is 5.69 Å². The molecule has 19 heavy (non-hydrogen) atoms. The van der Waals surface area contributed by atoms with Crippen molar-refractivity contribution in [2.45, 2.75) is 13.8 Å². The fourth-order valence-electron chi connectivity index (χ4n) is 2.10. The molecule has 0 radical (unpaired) electrons. The minimum Gasteiger partial charge on any atom is -0.349 e. The Balaban J connectivity index is 2.24. The average molecular weight is 254 g/mol. The molecule has 0 atom stereocenters. The van der Waals surface area contributed by atoms with E-state index in [1.54, 1.807) is 6.08 Å². The molecule has 3 heteroatoms. The van der Waals surface area contributed by atoms with Crippen molar-refractivity contribution in [1.82, 2.24) is 9.88 Å². The summed E-state index contributed by atoms with van der Waals surface area (Å²) in [7, 11) is 0. The molecule has 1 amide bonds. The lowest BCUT2D eigenvalue weighted by Gasteiger charge is -2.10. The van der Waals surface area contributed by atoms with Crippen LogP contribution in [0.3, 0.4) is 0 Å². The Bertz CT molecular complexity index is 574. The van der Waals surface area contributed by atoms with Gasteiger partial charge in [0.15, 0.2) is 0 Å². The molecular weight excluding hydrogens is 236 g/mol. The predicted molar refractivity (Wildman–Crippen MR) is 77.8 cm³/mol. The summed E-state index contributed by atoms with van der Waals surface area (Å²) < 4.78 is 2.16. The van der Waals surface area contributed by atoms with Crippen molar-refractivity contribution in [2.24, 2.45) is 0 Å². The van der Waals surface area contributed by atoms with E-state index in [9.17, 15) is 4.79 Å². The summed E-state index contributed by atoms with van der Waals surface area (Å²) in [5, 5.41) is 2.76. The third-order valence-corrected chi connectivity index (χ3v) is 3.07. The summed E-state index contributed by atoms with van der Waals surface area (Å²) in [4.78, 5) is 11.8. The molecule has 2 aromatic rings. The van der Waals surface area contributed by atoms with Crippen LogP contribution in [0, 0.1) is 13.8 Å². The van der Waals surface area contributed by atoms with Crippen molar-refractivity contribution in [3.05, 3.63) is 66.0 Å². The fourth-order valence-corrected chi connectivity index (χ4v) is 2.10. The van der Waals surface area contributed by atoms with Gasteiger partial charge < -0.3 is 9.88 Å². The Morgan fingerprint density at radius 2 is 1.74 bits per heavy atom. The molecule has 0 fully saturated rings. The van der Waals surface area contributed by atoms with E-state index >= 15 is 0 Å². The van der Waals surface area contributed by atoms with Crippen LogP contribution >= 0.6 is 0 Å². The van der Waals surface area contributed by atoms with Crippen LogP contribution in [0.1, 0.15) is 21.7 Å². The van der Waals surface area contributed by atoms with Gasteiger partial charge in [-0.25, -0.2) is 0 Å². The number of hydrogen-bond donors (Lipinski definition) is 1. The first-order valence-electron chi connectivity index (χ1n) is 6.28. The normalized spacial score (nSPS) is 10.2. The second-order valence-electron chi connectivity index (χ2n) is 4.50. The molecule has 98 valence electrons. The van der Waals surface area contributed by atoms with Crippen LogP contribution in [-0.2, 0) is 0 Å². The molecule has 1 aromatic heterocycles. The number of hydrogen-bond acceptors (Lipinski definition) is 1. The van der Waals surface area contributed by atoms with Gasteiger partial charge >= 0.3 is 0 Å². The van der Waals surface area contributed by atoms with E-state index in [0.717, 1.165) is 5.69 Å². The van der Waals surface area contributed by atoms with E-state index in [2.05, 4.69) is 42.4 Å². The number of aryl methyl sites for hydroxylation is 2. The number of benzene rings is 1. The number of aromatic nitrogens is 1. The second-order valence-corrected chi connectivity index (χ2v) is 4.50. The summed E-state index contributed by atoms with van der Waals surface area (Å²) in [5.41, 5.74) is 4.09. The Morgan fingerprint density at radius 3 is 2.26 bits per heavy atom. The Hall–Kier alpha value is -2.29.